The van der Waals surface area contributed by atoms with Gasteiger partial charge in [-0.2, -0.15) is 8.42 Å². The Kier molecular flexibility index (Phi) is 8.56. The maximum Gasteiger partial charge on any atom is 0.294 e. The van der Waals surface area contributed by atoms with Crippen molar-refractivity contribution in [1.82, 2.24) is 4.90 Å². The van der Waals surface area contributed by atoms with Crippen molar-refractivity contribution in [1.29, 1.82) is 0 Å². The summed E-state index contributed by atoms with van der Waals surface area (Å²) in [7, 11) is -4.15. The Bertz CT molecular complexity index is 812. The van der Waals surface area contributed by atoms with Crippen molar-refractivity contribution in [2.24, 2.45) is 0 Å². The third kappa shape index (κ3) is 6.66. The van der Waals surface area contributed by atoms with E-state index in [0.717, 1.165) is 17.2 Å². The lowest BCUT2D eigenvalue weighted by atomic mass is 10.3. The number of hydrogen-bond donors (Lipinski definition) is 2. The second-order valence-corrected chi connectivity index (χ2v) is 8.32. The molecule has 1 unspecified atom stereocenters. The third-order valence-electron chi connectivity index (χ3n) is 4.34. The quantitative estimate of drug-likeness (QED) is 0.652. The first-order valence-electron chi connectivity index (χ1n) is 9.26. The van der Waals surface area contributed by atoms with Crippen LogP contribution in [-0.4, -0.2) is 56.8 Å². The van der Waals surface area contributed by atoms with Crippen molar-refractivity contribution in [3.8, 4) is 11.5 Å². The average molecular weight is 429 g/mol. The highest BCUT2D eigenvalue weighted by molar-refractivity contribution is 7.85. The number of nitrogens with one attached hydrogen (secondary N) is 1. The molecule has 1 atom stereocenters. The zero-order valence-electron chi connectivity index (χ0n) is 16.4. The minimum atomic E-state index is -4.15. The van der Waals surface area contributed by atoms with Gasteiger partial charge in [-0.25, -0.2) is 0 Å². The van der Waals surface area contributed by atoms with Gasteiger partial charge in [0.05, 0.1) is 11.4 Å². The van der Waals surface area contributed by atoms with Crippen molar-refractivity contribution in [3.05, 3.63) is 35.0 Å². The topological polar surface area (TPSA) is 88.1 Å². The lowest BCUT2D eigenvalue weighted by molar-refractivity contribution is 0.101. The van der Waals surface area contributed by atoms with Crippen molar-refractivity contribution in [2.45, 2.75) is 31.8 Å². The average Bonchev–Trinajstić information content (AvgIpc) is 3.16. The third-order valence-corrected chi connectivity index (χ3v) is 5.91. The Morgan fingerprint density at radius 2 is 1.71 bits per heavy atom. The van der Waals surface area contributed by atoms with Gasteiger partial charge in [0.1, 0.15) is 12.7 Å². The number of nitrogens with zero attached hydrogens (tertiary/aromatic N) is 1. The number of benzene rings is 1. The van der Waals surface area contributed by atoms with Crippen LogP contribution in [-0.2, 0) is 10.1 Å². The van der Waals surface area contributed by atoms with Crippen molar-refractivity contribution in [3.63, 3.8) is 0 Å². The zero-order valence-corrected chi connectivity index (χ0v) is 18.1. The molecule has 1 aromatic carbocycles. The first-order chi connectivity index (χ1) is 13.4. The molecule has 0 radical (unpaired) electrons. The normalized spacial score (nSPS) is 15.7. The second kappa shape index (κ2) is 10.7. The molecule has 0 bridgehead atoms. The summed E-state index contributed by atoms with van der Waals surface area (Å²) in [5, 5.41) is 6.93. The van der Waals surface area contributed by atoms with Crippen molar-refractivity contribution >= 4 is 27.1 Å². The highest BCUT2D eigenvalue weighted by Gasteiger charge is 2.21. The first kappa shape index (κ1) is 22.5. The van der Waals surface area contributed by atoms with E-state index < -0.39 is 10.1 Å². The van der Waals surface area contributed by atoms with Gasteiger partial charge in [-0.15, -0.1) is 11.3 Å². The molecule has 0 fully saturated rings. The molecule has 28 heavy (non-hydrogen) atoms. The van der Waals surface area contributed by atoms with Gasteiger partial charge in [0.2, 0.25) is 0 Å². The summed E-state index contributed by atoms with van der Waals surface area (Å²) >= 11 is 1.52. The monoisotopic (exact) mass is 428 g/mol. The molecule has 9 heteroatoms. The van der Waals surface area contributed by atoms with E-state index in [-0.39, 0.29) is 11.0 Å². The molecule has 0 aliphatic carbocycles. The molecule has 156 valence electrons. The second-order valence-electron chi connectivity index (χ2n) is 6.15. The lowest BCUT2D eigenvalue weighted by Crippen LogP contribution is -2.34. The Morgan fingerprint density at radius 1 is 1.11 bits per heavy atom. The fourth-order valence-corrected chi connectivity index (χ4v) is 3.76. The molecule has 1 aliphatic rings. The molecule has 0 saturated heterocycles. The summed E-state index contributed by atoms with van der Waals surface area (Å²) in [6, 6.07) is 5.85. The molecule has 1 aromatic heterocycles. The minimum Gasteiger partial charge on any atom is -0.485 e. The van der Waals surface area contributed by atoms with Gasteiger partial charge < -0.3 is 19.7 Å². The minimum absolute atomic E-state index is 0.117. The number of thiophene rings is 1. The van der Waals surface area contributed by atoms with Crippen LogP contribution >= 0.6 is 11.3 Å². The van der Waals surface area contributed by atoms with Crippen LogP contribution in [0, 0.1) is 0 Å². The lowest BCUT2D eigenvalue weighted by Gasteiger charge is -2.25. The van der Waals surface area contributed by atoms with Gasteiger partial charge >= 0.3 is 0 Å². The fraction of sp³-hybridized carbons (Fsp3) is 0.474. The number of fused-ring (bicyclic) bond motifs is 1. The number of anilines is 1. The fourth-order valence-electron chi connectivity index (χ4n) is 2.61. The predicted octanol–water partition coefficient (Wildman–Crippen LogP) is 3.59. The summed E-state index contributed by atoms with van der Waals surface area (Å²) in [4.78, 5) is 2.24. The highest BCUT2D eigenvalue weighted by Crippen LogP contribution is 2.35. The van der Waals surface area contributed by atoms with Gasteiger partial charge in [0, 0.05) is 16.4 Å². The highest BCUT2D eigenvalue weighted by atomic mass is 32.2. The Labute approximate surface area is 171 Å². The maximum absolute atomic E-state index is 10.9. The largest absolute Gasteiger partial charge is 0.485 e. The Balaban J connectivity index is 0.000000345. The molecule has 2 N–H and O–H groups in total. The van der Waals surface area contributed by atoms with Gasteiger partial charge in [-0.3, -0.25) is 4.55 Å². The van der Waals surface area contributed by atoms with Crippen LogP contribution in [0.25, 0.3) is 0 Å². The van der Waals surface area contributed by atoms with Gasteiger partial charge in [-0.1, -0.05) is 20.8 Å². The van der Waals surface area contributed by atoms with E-state index in [9.17, 15) is 8.42 Å². The molecule has 0 spiro atoms. The molecule has 0 amide bonds. The smallest absolute Gasteiger partial charge is 0.294 e. The predicted molar refractivity (Wildman–Crippen MR) is 112 cm³/mol. The number of hydrogen-bond acceptors (Lipinski definition) is 7. The van der Waals surface area contributed by atoms with E-state index in [1.807, 2.05) is 10.8 Å². The van der Waals surface area contributed by atoms with E-state index in [2.05, 4.69) is 31.0 Å². The van der Waals surface area contributed by atoms with E-state index in [0.29, 0.717) is 13.2 Å². The van der Waals surface area contributed by atoms with Crippen LogP contribution in [0.5, 0.6) is 11.5 Å². The molecular formula is C19H28N2O5S2. The van der Waals surface area contributed by atoms with Gasteiger partial charge in [-0.05, 0) is 43.9 Å². The van der Waals surface area contributed by atoms with E-state index in [4.69, 9.17) is 14.0 Å². The van der Waals surface area contributed by atoms with E-state index >= 15 is 0 Å². The molecule has 3 rings (SSSR count). The van der Waals surface area contributed by atoms with Crippen molar-refractivity contribution < 1.29 is 22.4 Å². The molecular weight excluding hydrogens is 400 g/mol. The zero-order chi connectivity index (χ0) is 20.6. The van der Waals surface area contributed by atoms with E-state index in [1.54, 1.807) is 12.1 Å². The number of ether oxygens (including phenoxy) is 2. The summed E-state index contributed by atoms with van der Waals surface area (Å²) < 4.78 is 42.1. The first-order valence-corrected chi connectivity index (χ1v) is 11.6. The summed E-state index contributed by atoms with van der Waals surface area (Å²) in [5.74, 6) is 1.52. The summed E-state index contributed by atoms with van der Waals surface area (Å²) in [6.45, 7) is 11.1. The van der Waals surface area contributed by atoms with Crippen LogP contribution in [0.1, 0.15) is 20.8 Å². The van der Waals surface area contributed by atoms with Crippen LogP contribution in [0.15, 0.2) is 39.9 Å². The standard InChI is InChI=1S/C13H13NO5S2.C6H15N/c15-21(16,17)11-3-1-9(2-4-11)14-5-10-6-18-12-7-20-8-13(12)19-10;1-4-7(5-2)6-3/h1-4,7-8,10,14H,5-6H2,(H,15,16,17);4-6H2,1-3H3. The molecule has 0 saturated carbocycles. The van der Waals surface area contributed by atoms with Crippen LogP contribution in [0.4, 0.5) is 5.69 Å². The molecule has 2 heterocycles. The Hall–Kier alpha value is -1.81. The molecule has 7 nitrogen and oxygen atoms in total. The van der Waals surface area contributed by atoms with Crippen LogP contribution < -0.4 is 14.8 Å². The molecule has 1 aliphatic heterocycles. The SMILES string of the molecule is CCN(CC)CC.O=S(=O)(O)c1ccc(NCC2COc3cscc3O2)cc1. The Morgan fingerprint density at radius 3 is 2.25 bits per heavy atom. The van der Waals surface area contributed by atoms with E-state index in [1.165, 1.54) is 43.1 Å². The van der Waals surface area contributed by atoms with Crippen LogP contribution in [0.2, 0.25) is 0 Å². The number of rotatable bonds is 7. The molecule has 2 aromatic rings. The van der Waals surface area contributed by atoms with Crippen LogP contribution in [0.3, 0.4) is 0 Å². The van der Waals surface area contributed by atoms with Gasteiger partial charge in [0.25, 0.3) is 10.1 Å². The summed E-state index contributed by atoms with van der Waals surface area (Å²) in [5.41, 5.74) is 0.738. The summed E-state index contributed by atoms with van der Waals surface area (Å²) in [6.07, 6.45) is -0.117. The maximum atomic E-state index is 10.9. The van der Waals surface area contributed by atoms with Crippen molar-refractivity contribution in [2.75, 3.05) is 38.1 Å². The van der Waals surface area contributed by atoms with Gasteiger partial charge in [0.15, 0.2) is 11.5 Å².